The molecule has 0 saturated heterocycles. The standard InChI is InChI=1S/C21H25N5O3/c1-24-13-16(15-6-3-4-7-18(15)24)17-12-20-25(21(28)8-10-26(20)23-17)14-19(27)22-9-5-11-29-2/h3-4,6-7,12-13H,5,8-11,14H2,1-2H3,(H,22,27). The molecule has 1 aliphatic rings. The van der Waals surface area contributed by atoms with Gasteiger partial charge < -0.3 is 14.6 Å². The van der Waals surface area contributed by atoms with Crippen LogP contribution < -0.4 is 10.2 Å². The minimum Gasteiger partial charge on any atom is -0.385 e. The van der Waals surface area contributed by atoms with Crippen molar-refractivity contribution < 1.29 is 14.3 Å². The molecule has 0 spiro atoms. The van der Waals surface area contributed by atoms with Gasteiger partial charge in [-0.15, -0.1) is 0 Å². The van der Waals surface area contributed by atoms with Gasteiger partial charge in [0.2, 0.25) is 11.8 Å². The molecule has 2 aromatic heterocycles. The first-order valence-corrected chi connectivity index (χ1v) is 9.77. The third kappa shape index (κ3) is 3.75. The Balaban J connectivity index is 1.59. The van der Waals surface area contributed by atoms with Gasteiger partial charge >= 0.3 is 0 Å². The Morgan fingerprint density at radius 3 is 2.97 bits per heavy atom. The molecule has 0 saturated carbocycles. The number of nitrogens with one attached hydrogen (secondary N) is 1. The summed E-state index contributed by atoms with van der Waals surface area (Å²) in [6, 6.07) is 10.1. The zero-order chi connectivity index (χ0) is 20.4. The molecule has 1 aliphatic heterocycles. The predicted octanol–water partition coefficient (Wildman–Crippen LogP) is 1.93. The molecule has 0 bridgehead atoms. The van der Waals surface area contributed by atoms with Gasteiger partial charge in [-0.25, -0.2) is 4.68 Å². The molecule has 8 heteroatoms. The Labute approximate surface area is 169 Å². The van der Waals surface area contributed by atoms with Crippen molar-refractivity contribution in [3.8, 4) is 11.3 Å². The fourth-order valence-electron chi connectivity index (χ4n) is 3.74. The number of carbonyl (C=O) groups is 2. The van der Waals surface area contributed by atoms with Crippen LogP contribution in [0.25, 0.3) is 22.2 Å². The molecule has 29 heavy (non-hydrogen) atoms. The first-order valence-electron chi connectivity index (χ1n) is 9.77. The Bertz CT molecular complexity index is 1050. The van der Waals surface area contributed by atoms with Crippen LogP contribution in [-0.2, 0) is 27.9 Å². The van der Waals surface area contributed by atoms with E-state index < -0.39 is 0 Å². The highest BCUT2D eigenvalue weighted by Gasteiger charge is 2.28. The van der Waals surface area contributed by atoms with E-state index in [1.807, 2.05) is 36.1 Å². The number of amides is 2. The molecule has 0 aliphatic carbocycles. The predicted molar refractivity (Wildman–Crippen MR) is 111 cm³/mol. The van der Waals surface area contributed by atoms with Crippen LogP contribution in [0.4, 0.5) is 5.82 Å². The van der Waals surface area contributed by atoms with Crippen molar-refractivity contribution in [1.82, 2.24) is 19.7 Å². The average molecular weight is 395 g/mol. The minimum atomic E-state index is -0.184. The highest BCUT2D eigenvalue weighted by Crippen LogP contribution is 2.33. The van der Waals surface area contributed by atoms with Crippen molar-refractivity contribution in [3.63, 3.8) is 0 Å². The summed E-state index contributed by atoms with van der Waals surface area (Å²) in [5.41, 5.74) is 2.94. The Hall–Kier alpha value is -3.13. The second-order valence-corrected chi connectivity index (χ2v) is 7.21. The lowest BCUT2D eigenvalue weighted by atomic mass is 10.1. The number of hydrogen-bond donors (Lipinski definition) is 1. The fraction of sp³-hybridized carbons (Fsp3) is 0.381. The molecule has 0 unspecified atom stereocenters. The van der Waals surface area contributed by atoms with Gasteiger partial charge in [0.05, 0.1) is 12.2 Å². The van der Waals surface area contributed by atoms with Gasteiger partial charge in [0, 0.05) is 62.5 Å². The summed E-state index contributed by atoms with van der Waals surface area (Å²) >= 11 is 0. The average Bonchev–Trinajstić information content (AvgIpc) is 3.29. The number of ether oxygens (including phenoxy) is 1. The second-order valence-electron chi connectivity index (χ2n) is 7.21. The lowest BCUT2D eigenvalue weighted by Gasteiger charge is -2.26. The fourth-order valence-corrected chi connectivity index (χ4v) is 3.74. The van der Waals surface area contributed by atoms with Crippen molar-refractivity contribution in [2.24, 2.45) is 7.05 Å². The molecule has 8 nitrogen and oxygen atoms in total. The van der Waals surface area contributed by atoms with Crippen LogP contribution in [0.3, 0.4) is 0 Å². The van der Waals surface area contributed by atoms with Crippen LogP contribution >= 0.6 is 0 Å². The SMILES string of the molecule is COCCCNC(=O)CN1C(=O)CCn2nc(-c3cn(C)c4ccccc34)cc21. The van der Waals surface area contributed by atoms with Gasteiger partial charge in [-0.2, -0.15) is 5.10 Å². The summed E-state index contributed by atoms with van der Waals surface area (Å²) in [6.07, 6.45) is 3.12. The van der Waals surface area contributed by atoms with E-state index in [-0.39, 0.29) is 18.4 Å². The van der Waals surface area contributed by atoms with E-state index in [1.165, 1.54) is 4.90 Å². The van der Waals surface area contributed by atoms with Gasteiger partial charge in [0.1, 0.15) is 12.4 Å². The number of rotatable bonds is 7. The number of fused-ring (bicyclic) bond motifs is 2. The molecule has 4 rings (SSSR count). The number of aryl methyl sites for hydroxylation is 2. The molecule has 1 N–H and O–H groups in total. The van der Waals surface area contributed by atoms with Crippen LogP contribution in [-0.4, -0.2) is 53.0 Å². The molecule has 0 fully saturated rings. The van der Waals surface area contributed by atoms with Crippen molar-refractivity contribution in [2.45, 2.75) is 19.4 Å². The first-order chi connectivity index (χ1) is 14.1. The molecule has 1 aromatic carbocycles. The summed E-state index contributed by atoms with van der Waals surface area (Å²) in [5, 5.41) is 8.67. The zero-order valence-electron chi connectivity index (χ0n) is 16.7. The third-order valence-electron chi connectivity index (χ3n) is 5.20. The van der Waals surface area contributed by atoms with Gasteiger partial charge in [-0.3, -0.25) is 14.5 Å². The van der Waals surface area contributed by atoms with Crippen LogP contribution in [0.15, 0.2) is 36.5 Å². The quantitative estimate of drug-likeness (QED) is 0.620. The third-order valence-corrected chi connectivity index (χ3v) is 5.20. The van der Waals surface area contributed by atoms with Crippen LogP contribution in [0.5, 0.6) is 0 Å². The van der Waals surface area contributed by atoms with Gasteiger partial charge in [0.25, 0.3) is 0 Å². The topological polar surface area (TPSA) is 81.4 Å². The summed E-state index contributed by atoms with van der Waals surface area (Å²) in [4.78, 5) is 26.3. The number of anilines is 1. The molecular weight excluding hydrogens is 370 g/mol. The van der Waals surface area contributed by atoms with Crippen LogP contribution in [0.2, 0.25) is 0 Å². The molecule has 3 heterocycles. The number of benzene rings is 1. The molecule has 3 aromatic rings. The normalized spacial score (nSPS) is 13.7. The number of nitrogens with zero attached hydrogens (tertiary/aromatic N) is 4. The second kappa shape index (κ2) is 8.08. The lowest BCUT2D eigenvalue weighted by Crippen LogP contribution is -2.44. The number of hydrogen-bond acceptors (Lipinski definition) is 4. The van der Waals surface area contributed by atoms with E-state index in [0.29, 0.717) is 31.9 Å². The number of methoxy groups -OCH3 is 1. The summed E-state index contributed by atoms with van der Waals surface area (Å²) in [6.45, 7) is 1.62. The molecule has 2 amide bonds. The highest BCUT2D eigenvalue weighted by atomic mass is 16.5. The largest absolute Gasteiger partial charge is 0.385 e. The van der Waals surface area contributed by atoms with Crippen molar-refractivity contribution >= 4 is 28.5 Å². The molecular formula is C21H25N5O3. The number of aromatic nitrogens is 3. The Morgan fingerprint density at radius 1 is 1.31 bits per heavy atom. The van der Waals surface area contributed by atoms with E-state index in [4.69, 9.17) is 9.84 Å². The highest BCUT2D eigenvalue weighted by molar-refractivity contribution is 6.00. The summed E-state index contributed by atoms with van der Waals surface area (Å²) in [5.74, 6) is 0.418. The maximum Gasteiger partial charge on any atom is 0.240 e. The maximum absolute atomic E-state index is 12.5. The maximum atomic E-state index is 12.5. The van der Waals surface area contributed by atoms with E-state index in [2.05, 4.69) is 22.0 Å². The summed E-state index contributed by atoms with van der Waals surface area (Å²) < 4.78 is 8.87. The van der Waals surface area contributed by atoms with E-state index >= 15 is 0 Å². The lowest BCUT2D eigenvalue weighted by molar-refractivity contribution is -0.124. The van der Waals surface area contributed by atoms with Gasteiger partial charge in [-0.1, -0.05) is 18.2 Å². The molecule has 0 atom stereocenters. The monoisotopic (exact) mass is 395 g/mol. The van der Waals surface area contributed by atoms with Crippen LogP contribution in [0, 0.1) is 0 Å². The zero-order valence-corrected chi connectivity index (χ0v) is 16.7. The first kappa shape index (κ1) is 19.2. The Morgan fingerprint density at radius 2 is 2.14 bits per heavy atom. The minimum absolute atomic E-state index is 0.00745. The van der Waals surface area contributed by atoms with Gasteiger partial charge in [-0.05, 0) is 12.5 Å². The number of para-hydroxylation sites is 1. The van der Waals surface area contributed by atoms with Crippen molar-refractivity contribution in [1.29, 1.82) is 0 Å². The van der Waals surface area contributed by atoms with Crippen molar-refractivity contribution in [2.75, 3.05) is 31.7 Å². The van der Waals surface area contributed by atoms with Crippen LogP contribution in [0.1, 0.15) is 12.8 Å². The molecule has 152 valence electrons. The van der Waals surface area contributed by atoms with E-state index in [1.54, 1.807) is 7.11 Å². The molecule has 0 radical (unpaired) electrons. The van der Waals surface area contributed by atoms with E-state index in [0.717, 1.165) is 28.6 Å². The smallest absolute Gasteiger partial charge is 0.240 e. The summed E-state index contributed by atoms with van der Waals surface area (Å²) in [7, 11) is 3.63. The Kier molecular flexibility index (Phi) is 5.35. The van der Waals surface area contributed by atoms with Gasteiger partial charge in [0.15, 0.2) is 0 Å². The number of carbonyl (C=O) groups excluding carboxylic acids is 2. The van der Waals surface area contributed by atoms with Crippen molar-refractivity contribution in [3.05, 3.63) is 36.5 Å². The van der Waals surface area contributed by atoms with E-state index in [9.17, 15) is 9.59 Å².